The van der Waals surface area contributed by atoms with Gasteiger partial charge in [-0.25, -0.2) is 0 Å². The van der Waals surface area contributed by atoms with Gasteiger partial charge >= 0.3 is 0 Å². The number of halogens is 1. The van der Waals surface area contributed by atoms with Crippen LogP contribution in [0.2, 0.25) is 0 Å². The van der Waals surface area contributed by atoms with Crippen LogP contribution in [0.4, 0.5) is 11.4 Å². The summed E-state index contributed by atoms with van der Waals surface area (Å²) in [5.41, 5.74) is 8.99. The molecule has 0 bridgehead atoms. The van der Waals surface area contributed by atoms with Gasteiger partial charge in [-0.1, -0.05) is 54.6 Å². The minimum absolute atomic E-state index is 0.0962. The highest BCUT2D eigenvalue weighted by Gasteiger charge is 2.21. The van der Waals surface area contributed by atoms with E-state index in [-0.39, 0.29) is 5.91 Å². The average molecular weight is 428 g/mol. The second kappa shape index (κ2) is 7.49. The maximum absolute atomic E-state index is 13.2. The predicted molar refractivity (Wildman–Crippen MR) is 107 cm³/mol. The van der Waals surface area contributed by atoms with Gasteiger partial charge in [0.25, 0.3) is 5.91 Å². The number of benzene rings is 3. The van der Waals surface area contributed by atoms with Crippen molar-refractivity contribution in [3.8, 4) is 0 Å². The molecule has 0 aromatic heterocycles. The minimum Gasteiger partial charge on any atom is -0.398 e. The first kappa shape index (κ1) is 16.5. The Bertz CT molecular complexity index is 849. The molecule has 0 atom stereocenters. The second-order valence-electron chi connectivity index (χ2n) is 5.42. The Kier molecular flexibility index (Phi) is 5.15. The smallest absolute Gasteiger partial charge is 0.260 e. The van der Waals surface area contributed by atoms with Gasteiger partial charge in [0.2, 0.25) is 0 Å². The summed E-state index contributed by atoms with van der Waals surface area (Å²) in [5.74, 6) is -0.0962. The number of nitrogens with two attached hydrogens (primary N) is 1. The van der Waals surface area contributed by atoms with Crippen LogP contribution in [0, 0.1) is 3.57 Å². The molecular formula is C20H17IN2O. The monoisotopic (exact) mass is 428 g/mol. The molecule has 3 nitrogen and oxygen atoms in total. The second-order valence-corrected chi connectivity index (χ2v) is 6.58. The number of anilines is 2. The molecule has 0 unspecified atom stereocenters. The SMILES string of the molecule is Nc1ccccc1C(=O)N(Cc1ccccc1)c1ccccc1I. The number of nitrogens with zero attached hydrogens (tertiary/aromatic N) is 1. The summed E-state index contributed by atoms with van der Waals surface area (Å²) in [4.78, 5) is 14.9. The summed E-state index contributed by atoms with van der Waals surface area (Å²) >= 11 is 2.25. The van der Waals surface area contributed by atoms with Crippen molar-refractivity contribution in [3.05, 3.63) is 93.6 Å². The number of hydrogen-bond donors (Lipinski definition) is 1. The lowest BCUT2D eigenvalue weighted by Crippen LogP contribution is -2.31. The quantitative estimate of drug-likeness (QED) is 0.483. The van der Waals surface area contributed by atoms with Crippen LogP contribution in [0.5, 0.6) is 0 Å². The Labute approximate surface area is 155 Å². The molecule has 120 valence electrons. The molecule has 0 radical (unpaired) electrons. The van der Waals surface area contributed by atoms with Crippen LogP contribution < -0.4 is 10.6 Å². The van der Waals surface area contributed by atoms with Crippen molar-refractivity contribution < 1.29 is 4.79 Å². The summed E-state index contributed by atoms with van der Waals surface area (Å²) in [7, 11) is 0. The molecule has 0 aliphatic rings. The van der Waals surface area contributed by atoms with Crippen molar-refractivity contribution in [1.82, 2.24) is 0 Å². The van der Waals surface area contributed by atoms with Crippen LogP contribution in [0.1, 0.15) is 15.9 Å². The molecule has 0 aliphatic heterocycles. The molecule has 0 aliphatic carbocycles. The summed E-state index contributed by atoms with van der Waals surface area (Å²) in [6, 6.07) is 25.0. The fraction of sp³-hybridized carbons (Fsp3) is 0.0500. The molecule has 0 saturated heterocycles. The lowest BCUT2D eigenvalue weighted by atomic mass is 10.1. The number of para-hydroxylation sites is 2. The van der Waals surface area contributed by atoms with Crippen molar-refractivity contribution >= 4 is 39.9 Å². The van der Waals surface area contributed by atoms with E-state index in [4.69, 9.17) is 5.73 Å². The van der Waals surface area contributed by atoms with Crippen molar-refractivity contribution in [2.45, 2.75) is 6.54 Å². The predicted octanol–water partition coefficient (Wildman–Crippen LogP) is 4.72. The van der Waals surface area contributed by atoms with Crippen molar-refractivity contribution in [3.63, 3.8) is 0 Å². The first-order valence-electron chi connectivity index (χ1n) is 7.61. The number of amides is 1. The van der Waals surface area contributed by atoms with Gasteiger partial charge in [0.15, 0.2) is 0 Å². The topological polar surface area (TPSA) is 46.3 Å². The van der Waals surface area contributed by atoms with Gasteiger partial charge in [0, 0.05) is 9.26 Å². The van der Waals surface area contributed by atoms with Gasteiger partial charge in [-0.05, 0) is 52.4 Å². The van der Waals surface area contributed by atoms with Gasteiger partial charge in [0.05, 0.1) is 17.8 Å². The third-order valence-electron chi connectivity index (χ3n) is 3.76. The Morgan fingerprint density at radius 3 is 2.21 bits per heavy atom. The highest BCUT2D eigenvalue weighted by Crippen LogP contribution is 2.27. The Hall–Kier alpha value is -2.34. The van der Waals surface area contributed by atoms with Crippen LogP contribution in [-0.4, -0.2) is 5.91 Å². The summed E-state index contributed by atoms with van der Waals surface area (Å²) in [6.07, 6.45) is 0. The summed E-state index contributed by atoms with van der Waals surface area (Å²) < 4.78 is 1.02. The molecule has 0 heterocycles. The molecule has 0 fully saturated rings. The minimum atomic E-state index is -0.0962. The van der Waals surface area contributed by atoms with E-state index in [9.17, 15) is 4.79 Å². The summed E-state index contributed by atoms with van der Waals surface area (Å²) in [6.45, 7) is 0.494. The fourth-order valence-corrected chi connectivity index (χ4v) is 3.22. The highest BCUT2D eigenvalue weighted by atomic mass is 127. The van der Waals surface area contributed by atoms with Crippen molar-refractivity contribution in [2.24, 2.45) is 0 Å². The molecule has 4 heteroatoms. The van der Waals surface area contributed by atoms with Gasteiger partial charge in [-0.15, -0.1) is 0 Å². The normalized spacial score (nSPS) is 10.4. The standard InChI is InChI=1S/C20H17IN2O/c21-17-11-5-7-13-19(17)23(14-15-8-2-1-3-9-15)20(24)16-10-4-6-12-18(16)22/h1-13H,14,22H2. The first-order chi connectivity index (χ1) is 11.7. The van der Waals surface area contributed by atoms with Gasteiger partial charge in [0.1, 0.15) is 0 Å². The van der Waals surface area contributed by atoms with Gasteiger partial charge < -0.3 is 10.6 Å². The maximum Gasteiger partial charge on any atom is 0.260 e. The zero-order valence-corrected chi connectivity index (χ0v) is 15.2. The first-order valence-corrected chi connectivity index (χ1v) is 8.69. The molecular weight excluding hydrogens is 411 g/mol. The van der Waals surface area contributed by atoms with Crippen LogP contribution in [-0.2, 0) is 6.54 Å². The number of carbonyl (C=O) groups excluding carboxylic acids is 1. The molecule has 3 aromatic rings. The van der Waals surface area contributed by atoms with E-state index in [1.807, 2.05) is 66.7 Å². The van der Waals surface area contributed by atoms with Crippen molar-refractivity contribution in [1.29, 1.82) is 0 Å². The van der Waals surface area contributed by atoms with Crippen molar-refractivity contribution in [2.75, 3.05) is 10.6 Å². The lowest BCUT2D eigenvalue weighted by molar-refractivity contribution is 0.0986. The molecule has 3 rings (SSSR count). The number of rotatable bonds is 4. The van der Waals surface area contributed by atoms with Crippen LogP contribution >= 0.6 is 22.6 Å². The largest absolute Gasteiger partial charge is 0.398 e. The Balaban J connectivity index is 2.04. The van der Waals surface area contributed by atoms with Gasteiger partial charge in [-0.2, -0.15) is 0 Å². The number of carbonyl (C=O) groups is 1. The van der Waals surface area contributed by atoms with E-state index < -0.39 is 0 Å². The van der Waals surface area contributed by atoms with Crippen LogP contribution in [0.25, 0.3) is 0 Å². The van der Waals surface area contributed by atoms with E-state index in [1.165, 1.54) is 0 Å². The molecule has 2 N–H and O–H groups in total. The number of nitrogen functional groups attached to an aromatic ring is 1. The maximum atomic E-state index is 13.2. The Morgan fingerprint density at radius 2 is 1.50 bits per heavy atom. The van der Waals surface area contributed by atoms with E-state index in [0.29, 0.717) is 17.8 Å². The van der Waals surface area contributed by atoms with Crippen LogP contribution in [0.15, 0.2) is 78.9 Å². The van der Waals surface area contributed by atoms with E-state index in [2.05, 4.69) is 22.6 Å². The zero-order chi connectivity index (χ0) is 16.9. The third kappa shape index (κ3) is 3.59. The zero-order valence-electron chi connectivity index (χ0n) is 13.0. The molecule has 3 aromatic carbocycles. The highest BCUT2D eigenvalue weighted by molar-refractivity contribution is 14.1. The molecule has 1 amide bonds. The molecule has 0 spiro atoms. The van der Waals surface area contributed by atoms with E-state index in [0.717, 1.165) is 14.8 Å². The lowest BCUT2D eigenvalue weighted by Gasteiger charge is -2.25. The molecule has 24 heavy (non-hydrogen) atoms. The van der Waals surface area contributed by atoms with E-state index >= 15 is 0 Å². The average Bonchev–Trinajstić information content (AvgIpc) is 2.61. The third-order valence-corrected chi connectivity index (χ3v) is 4.68. The Morgan fingerprint density at radius 1 is 0.875 bits per heavy atom. The molecule has 0 saturated carbocycles. The number of hydrogen-bond acceptors (Lipinski definition) is 2. The fourth-order valence-electron chi connectivity index (χ4n) is 2.54. The van der Waals surface area contributed by atoms with Gasteiger partial charge in [-0.3, -0.25) is 4.79 Å². The van der Waals surface area contributed by atoms with Crippen LogP contribution in [0.3, 0.4) is 0 Å². The summed E-state index contributed by atoms with van der Waals surface area (Å²) in [5, 5.41) is 0. The van der Waals surface area contributed by atoms with E-state index in [1.54, 1.807) is 17.0 Å².